The molecule has 0 radical (unpaired) electrons. The second-order valence-corrected chi connectivity index (χ2v) is 9.57. The van der Waals surface area contributed by atoms with Crippen LogP contribution in [-0.2, 0) is 28.9 Å². The number of aryl methyl sites for hydroxylation is 3. The molecule has 30 heavy (non-hydrogen) atoms. The quantitative estimate of drug-likeness (QED) is 0.660. The van der Waals surface area contributed by atoms with E-state index in [1.54, 1.807) is 0 Å². The van der Waals surface area contributed by atoms with Gasteiger partial charge in [0.15, 0.2) is 5.16 Å². The van der Waals surface area contributed by atoms with Crippen LogP contribution in [0.3, 0.4) is 0 Å². The fourth-order valence-electron chi connectivity index (χ4n) is 4.46. The molecule has 1 aromatic carbocycles. The van der Waals surface area contributed by atoms with Crippen LogP contribution in [0.15, 0.2) is 23.4 Å². The standard InChI is InChI=1S/C24H33N3O2S/c1-16-18(3)27(14-22-9-6-12-29-22)24(26-16)30-15-23(28)25-17(2)20-11-10-19-7-4-5-8-21(19)13-20/h10-11,13,17,22H,4-9,12,14-15H2,1-3H3,(H,25,28)/t17-,22+/m0/s1. The highest BCUT2D eigenvalue weighted by Crippen LogP contribution is 2.26. The molecule has 0 saturated carbocycles. The van der Waals surface area contributed by atoms with Crippen LogP contribution < -0.4 is 5.32 Å². The van der Waals surface area contributed by atoms with Crippen molar-refractivity contribution >= 4 is 17.7 Å². The molecule has 1 aromatic heterocycles. The van der Waals surface area contributed by atoms with Crippen molar-refractivity contribution < 1.29 is 9.53 Å². The van der Waals surface area contributed by atoms with E-state index in [0.717, 1.165) is 49.0 Å². The second kappa shape index (κ2) is 9.56. The molecule has 0 unspecified atom stereocenters. The maximum atomic E-state index is 12.6. The van der Waals surface area contributed by atoms with Gasteiger partial charge in [0.25, 0.3) is 0 Å². The molecule has 2 heterocycles. The number of thioether (sulfide) groups is 1. The second-order valence-electron chi connectivity index (χ2n) is 8.62. The van der Waals surface area contributed by atoms with E-state index in [0.29, 0.717) is 5.75 Å². The van der Waals surface area contributed by atoms with E-state index in [1.165, 1.54) is 47.7 Å². The van der Waals surface area contributed by atoms with Gasteiger partial charge in [-0.2, -0.15) is 0 Å². The lowest BCUT2D eigenvalue weighted by molar-refractivity contribution is -0.119. The Morgan fingerprint density at radius 3 is 2.83 bits per heavy atom. The minimum Gasteiger partial charge on any atom is -0.376 e. The highest BCUT2D eigenvalue weighted by atomic mass is 32.2. The molecule has 0 bridgehead atoms. The topological polar surface area (TPSA) is 56.2 Å². The van der Waals surface area contributed by atoms with E-state index in [2.05, 4.69) is 41.9 Å². The third kappa shape index (κ3) is 4.92. The predicted molar refractivity (Wildman–Crippen MR) is 121 cm³/mol. The van der Waals surface area contributed by atoms with Crippen LogP contribution in [0.5, 0.6) is 0 Å². The number of hydrogen-bond acceptors (Lipinski definition) is 4. The van der Waals surface area contributed by atoms with Gasteiger partial charge in [0, 0.05) is 12.3 Å². The molecule has 2 aromatic rings. The van der Waals surface area contributed by atoms with Gasteiger partial charge in [-0.1, -0.05) is 30.0 Å². The summed E-state index contributed by atoms with van der Waals surface area (Å²) in [5.41, 5.74) is 6.31. The lowest BCUT2D eigenvalue weighted by Crippen LogP contribution is -2.28. The van der Waals surface area contributed by atoms with Crippen molar-refractivity contribution in [1.29, 1.82) is 0 Å². The maximum Gasteiger partial charge on any atom is 0.230 e. The average molecular weight is 428 g/mol. The lowest BCUT2D eigenvalue weighted by atomic mass is 9.89. The highest BCUT2D eigenvalue weighted by molar-refractivity contribution is 7.99. The van der Waals surface area contributed by atoms with Gasteiger partial charge < -0.3 is 14.6 Å². The van der Waals surface area contributed by atoms with Crippen molar-refractivity contribution in [3.63, 3.8) is 0 Å². The number of rotatable bonds is 7. The van der Waals surface area contributed by atoms with Crippen LogP contribution in [0.1, 0.15) is 66.7 Å². The highest BCUT2D eigenvalue weighted by Gasteiger charge is 2.21. The minimum absolute atomic E-state index is 0.0143. The molecule has 6 heteroatoms. The molecule has 162 valence electrons. The summed E-state index contributed by atoms with van der Waals surface area (Å²) >= 11 is 1.52. The van der Waals surface area contributed by atoms with E-state index in [9.17, 15) is 4.79 Å². The number of benzene rings is 1. The minimum atomic E-state index is 0.0143. The number of nitrogens with zero attached hydrogens (tertiary/aromatic N) is 2. The summed E-state index contributed by atoms with van der Waals surface area (Å²) < 4.78 is 8.02. The molecule has 1 saturated heterocycles. The van der Waals surface area contributed by atoms with Crippen LogP contribution >= 0.6 is 11.8 Å². The molecule has 4 rings (SSSR count). The van der Waals surface area contributed by atoms with Gasteiger partial charge in [0.1, 0.15) is 0 Å². The first-order chi connectivity index (χ1) is 14.5. The van der Waals surface area contributed by atoms with Crippen LogP contribution in [0.2, 0.25) is 0 Å². The number of carbonyl (C=O) groups is 1. The zero-order valence-electron chi connectivity index (χ0n) is 18.4. The zero-order valence-corrected chi connectivity index (χ0v) is 19.2. The van der Waals surface area contributed by atoms with Gasteiger partial charge in [0.05, 0.1) is 30.1 Å². The molecule has 1 fully saturated rings. The maximum absolute atomic E-state index is 12.6. The number of nitrogens with one attached hydrogen (secondary N) is 1. The first-order valence-electron chi connectivity index (χ1n) is 11.2. The Balaban J connectivity index is 1.35. The molecule has 0 spiro atoms. The Morgan fingerprint density at radius 2 is 2.07 bits per heavy atom. The Morgan fingerprint density at radius 1 is 1.27 bits per heavy atom. The summed E-state index contributed by atoms with van der Waals surface area (Å²) in [7, 11) is 0. The molecular formula is C24H33N3O2S. The van der Waals surface area contributed by atoms with E-state index in [-0.39, 0.29) is 18.1 Å². The van der Waals surface area contributed by atoms with Gasteiger partial charge in [-0.05, 0) is 76.0 Å². The number of carbonyl (C=O) groups excluding carboxylic acids is 1. The van der Waals surface area contributed by atoms with Gasteiger partial charge in [0.2, 0.25) is 5.91 Å². The number of amides is 1. The molecule has 1 N–H and O–H groups in total. The third-order valence-corrected chi connectivity index (χ3v) is 7.39. The zero-order chi connectivity index (χ0) is 21.1. The molecule has 1 amide bonds. The smallest absolute Gasteiger partial charge is 0.230 e. The predicted octanol–water partition coefficient (Wildman–Crippen LogP) is 4.53. The van der Waals surface area contributed by atoms with Crippen molar-refractivity contribution in [3.8, 4) is 0 Å². The van der Waals surface area contributed by atoms with Crippen LogP contribution in [0, 0.1) is 13.8 Å². The first-order valence-corrected chi connectivity index (χ1v) is 12.2. The Hall–Kier alpha value is -1.79. The van der Waals surface area contributed by atoms with Crippen LogP contribution in [0.25, 0.3) is 0 Å². The number of fused-ring (bicyclic) bond motifs is 1. The summed E-state index contributed by atoms with van der Waals surface area (Å²) in [6.45, 7) is 7.87. The van der Waals surface area contributed by atoms with Gasteiger partial charge in [-0.15, -0.1) is 0 Å². The summed E-state index contributed by atoms with van der Waals surface area (Å²) in [4.78, 5) is 17.3. The van der Waals surface area contributed by atoms with E-state index in [1.807, 2.05) is 6.92 Å². The van der Waals surface area contributed by atoms with Crippen molar-refractivity contribution in [2.75, 3.05) is 12.4 Å². The SMILES string of the molecule is Cc1nc(SCC(=O)N[C@@H](C)c2ccc3c(c2)CCCC3)n(C[C@H]2CCCO2)c1C. The molecule has 1 aliphatic heterocycles. The van der Waals surface area contributed by atoms with Crippen LogP contribution in [-0.4, -0.2) is 33.9 Å². The van der Waals surface area contributed by atoms with Crippen LogP contribution in [0.4, 0.5) is 0 Å². The normalized spacial score (nSPS) is 19.5. The number of imidazole rings is 1. The van der Waals surface area contributed by atoms with E-state index >= 15 is 0 Å². The fraction of sp³-hybridized carbons (Fsp3) is 0.583. The van der Waals surface area contributed by atoms with E-state index < -0.39 is 0 Å². The summed E-state index contributed by atoms with van der Waals surface area (Å²) in [6, 6.07) is 6.71. The Labute approximate surface area is 184 Å². The molecule has 1 aliphatic carbocycles. The summed E-state index contributed by atoms with van der Waals surface area (Å²) in [5.74, 6) is 0.420. The lowest BCUT2D eigenvalue weighted by Gasteiger charge is -2.20. The van der Waals surface area contributed by atoms with Gasteiger partial charge in [-0.25, -0.2) is 4.98 Å². The third-order valence-electron chi connectivity index (χ3n) is 6.42. The van der Waals surface area contributed by atoms with E-state index in [4.69, 9.17) is 9.72 Å². The molecule has 5 nitrogen and oxygen atoms in total. The van der Waals surface area contributed by atoms with Crippen molar-refractivity contribution in [2.24, 2.45) is 0 Å². The van der Waals surface area contributed by atoms with Gasteiger partial charge >= 0.3 is 0 Å². The van der Waals surface area contributed by atoms with Crippen molar-refractivity contribution in [2.45, 2.75) is 83.1 Å². The fourth-order valence-corrected chi connectivity index (χ4v) is 5.37. The Bertz CT molecular complexity index is 902. The van der Waals surface area contributed by atoms with Crippen molar-refractivity contribution in [3.05, 3.63) is 46.3 Å². The number of ether oxygens (including phenoxy) is 1. The first kappa shape index (κ1) is 21.4. The Kier molecular flexibility index (Phi) is 6.84. The monoisotopic (exact) mass is 427 g/mol. The number of hydrogen-bond donors (Lipinski definition) is 1. The van der Waals surface area contributed by atoms with Gasteiger partial charge in [-0.3, -0.25) is 4.79 Å². The number of aromatic nitrogens is 2. The largest absolute Gasteiger partial charge is 0.376 e. The summed E-state index contributed by atoms with van der Waals surface area (Å²) in [6.07, 6.45) is 7.38. The molecule has 2 atom stereocenters. The average Bonchev–Trinajstić information content (AvgIpc) is 3.36. The van der Waals surface area contributed by atoms with Crippen molar-refractivity contribution in [1.82, 2.24) is 14.9 Å². The molecule has 2 aliphatic rings. The summed E-state index contributed by atoms with van der Waals surface area (Å²) in [5, 5.41) is 4.08. The molecular weight excluding hydrogens is 394 g/mol.